The van der Waals surface area contributed by atoms with Crippen LogP contribution in [0, 0.1) is 13.8 Å². The van der Waals surface area contributed by atoms with E-state index in [0.717, 1.165) is 22.3 Å². The Bertz CT molecular complexity index is 1160. The second kappa shape index (κ2) is 7.91. The van der Waals surface area contributed by atoms with Crippen molar-refractivity contribution in [3.8, 4) is 22.6 Å². The maximum Gasteiger partial charge on any atom is 0.118 e. The number of aryl methyl sites for hydroxylation is 2. The van der Waals surface area contributed by atoms with E-state index in [2.05, 4.69) is 60.7 Å². The van der Waals surface area contributed by atoms with Gasteiger partial charge in [0.15, 0.2) is 0 Å². The molecule has 0 spiro atoms. The Morgan fingerprint density at radius 3 is 1.32 bits per heavy atom. The van der Waals surface area contributed by atoms with Gasteiger partial charge >= 0.3 is 0 Å². The SMILES string of the molecule is Cc1cc(C2(c3ccc(O)c(C)c3)c3ccccc3-c3ccccc32)ccc1O.N.N. The fraction of sp³-hybridized carbons (Fsp3) is 0.111. The number of fused-ring (bicyclic) bond motifs is 3. The molecular formula is C27H28N2O2. The summed E-state index contributed by atoms with van der Waals surface area (Å²) in [6, 6.07) is 28.8. The molecule has 0 fully saturated rings. The van der Waals surface area contributed by atoms with Crippen molar-refractivity contribution in [2.24, 2.45) is 0 Å². The van der Waals surface area contributed by atoms with Crippen LogP contribution in [0.5, 0.6) is 11.5 Å². The third kappa shape index (κ3) is 3.00. The second-order valence-electron chi connectivity index (χ2n) is 7.84. The van der Waals surface area contributed by atoms with Crippen LogP contribution in [-0.4, -0.2) is 10.2 Å². The van der Waals surface area contributed by atoms with Gasteiger partial charge < -0.3 is 22.5 Å². The van der Waals surface area contributed by atoms with Crippen molar-refractivity contribution in [3.63, 3.8) is 0 Å². The van der Waals surface area contributed by atoms with Gasteiger partial charge in [-0.25, -0.2) is 0 Å². The molecule has 4 aromatic rings. The molecule has 0 radical (unpaired) electrons. The van der Waals surface area contributed by atoms with Gasteiger partial charge in [-0.1, -0.05) is 72.8 Å². The highest BCUT2D eigenvalue weighted by molar-refractivity contribution is 5.86. The average Bonchev–Trinajstić information content (AvgIpc) is 3.04. The van der Waals surface area contributed by atoms with E-state index in [1.807, 2.05) is 26.0 Å². The molecule has 4 aromatic carbocycles. The number of phenolic OH excluding ortho intramolecular Hbond substituents is 2. The zero-order chi connectivity index (χ0) is 20.2. The van der Waals surface area contributed by atoms with Crippen LogP contribution in [0.15, 0.2) is 84.9 Å². The number of hydrogen-bond acceptors (Lipinski definition) is 4. The van der Waals surface area contributed by atoms with E-state index in [1.165, 1.54) is 22.3 Å². The van der Waals surface area contributed by atoms with Crippen LogP contribution in [0.3, 0.4) is 0 Å². The van der Waals surface area contributed by atoms with Crippen LogP contribution in [-0.2, 0) is 5.41 Å². The van der Waals surface area contributed by atoms with Gasteiger partial charge in [-0.05, 0) is 70.5 Å². The molecule has 31 heavy (non-hydrogen) atoms. The highest BCUT2D eigenvalue weighted by Gasteiger charge is 2.46. The lowest BCUT2D eigenvalue weighted by Gasteiger charge is -2.34. The van der Waals surface area contributed by atoms with Gasteiger partial charge in [0.05, 0.1) is 5.41 Å². The average molecular weight is 413 g/mol. The van der Waals surface area contributed by atoms with Gasteiger partial charge in [0, 0.05) is 0 Å². The Morgan fingerprint density at radius 1 is 0.548 bits per heavy atom. The Morgan fingerprint density at radius 2 is 0.935 bits per heavy atom. The summed E-state index contributed by atoms with van der Waals surface area (Å²) in [5, 5.41) is 20.4. The van der Waals surface area contributed by atoms with Crippen molar-refractivity contribution < 1.29 is 10.2 Å². The third-order valence-electron chi connectivity index (χ3n) is 6.21. The molecule has 1 aliphatic carbocycles. The van der Waals surface area contributed by atoms with Crippen LogP contribution in [0.2, 0.25) is 0 Å². The lowest BCUT2D eigenvalue weighted by molar-refractivity contribution is 0.470. The van der Waals surface area contributed by atoms with E-state index in [1.54, 1.807) is 12.1 Å². The summed E-state index contributed by atoms with van der Waals surface area (Å²) < 4.78 is 0. The predicted octanol–water partition coefficient (Wildman–Crippen LogP) is 6.40. The normalized spacial score (nSPS) is 12.8. The molecule has 0 amide bonds. The molecule has 0 bridgehead atoms. The van der Waals surface area contributed by atoms with Crippen LogP contribution < -0.4 is 12.3 Å². The highest BCUT2D eigenvalue weighted by Crippen LogP contribution is 2.56. The molecule has 0 atom stereocenters. The van der Waals surface area contributed by atoms with Gasteiger partial charge in [0.25, 0.3) is 0 Å². The largest absolute Gasteiger partial charge is 0.508 e. The number of aromatic hydroxyl groups is 2. The van der Waals surface area contributed by atoms with Crippen molar-refractivity contribution in [3.05, 3.63) is 118 Å². The van der Waals surface area contributed by atoms with Gasteiger partial charge in [-0.3, -0.25) is 0 Å². The van der Waals surface area contributed by atoms with Crippen molar-refractivity contribution in [1.82, 2.24) is 12.3 Å². The van der Waals surface area contributed by atoms with E-state index < -0.39 is 5.41 Å². The molecule has 4 nitrogen and oxygen atoms in total. The van der Waals surface area contributed by atoms with Gasteiger partial charge in [0.1, 0.15) is 11.5 Å². The predicted molar refractivity (Wildman–Crippen MR) is 127 cm³/mol. The third-order valence-corrected chi connectivity index (χ3v) is 6.21. The van der Waals surface area contributed by atoms with Crippen LogP contribution in [0.25, 0.3) is 11.1 Å². The van der Waals surface area contributed by atoms with Crippen molar-refractivity contribution in [2.45, 2.75) is 19.3 Å². The first kappa shape index (κ1) is 22.1. The Labute approximate surface area is 183 Å². The minimum absolute atomic E-state index is 0. The second-order valence-corrected chi connectivity index (χ2v) is 7.84. The first-order valence-electron chi connectivity index (χ1n) is 9.83. The number of rotatable bonds is 2. The topological polar surface area (TPSA) is 110 Å². The molecule has 0 saturated heterocycles. The highest BCUT2D eigenvalue weighted by atomic mass is 16.3. The Hall–Kier alpha value is -3.60. The molecule has 5 rings (SSSR count). The minimum Gasteiger partial charge on any atom is -0.508 e. The fourth-order valence-corrected chi connectivity index (χ4v) is 4.80. The summed E-state index contributed by atoms with van der Waals surface area (Å²) >= 11 is 0. The molecule has 0 aliphatic heterocycles. The molecular weight excluding hydrogens is 384 g/mol. The molecule has 1 aliphatic rings. The van der Waals surface area contributed by atoms with Crippen molar-refractivity contribution >= 4 is 0 Å². The minimum atomic E-state index is -0.510. The molecule has 0 heterocycles. The quantitative estimate of drug-likeness (QED) is 0.269. The smallest absolute Gasteiger partial charge is 0.118 e. The van der Waals surface area contributed by atoms with E-state index >= 15 is 0 Å². The molecule has 0 unspecified atom stereocenters. The summed E-state index contributed by atoms with van der Waals surface area (Å²) in [6.07, 6.45) is 0. The summed E-state index contributed by atoms with van der Waals surface area (Å²) in [5.74, 6) is 0.593. The van der Waals surface area contributed by atoms with E-state index in [0.29, 0.717) is 11.5 Å². The van der Waals surface area contributed by atoms with Crippen LogP contribution in [0.1, 0.15) is 33.4 Å². The van der Waals surface area contributed by atoms with Gasteiger partial charge in [-0.2, -0.15) is 0 Å². The standard InChI is InChI=1S/C27H22O2.2H3N/c1-17-15-19(11-13-25(17)28)27(20-12-14-26(29)18(2)16-20)23-9-5-3-7-21(23)22-8-4-6-10-24(22)27;;/h3-16,28-29H,1-2H3;2*1H3. The van der Waals surface area contributed by atoms with E-state index in [9.17, 15) is 10.2 Å². The zero-order valence-corrected chi connectivity index (χ0v) is 17.9. The molecule has 158 valence electrons. The molecule has 0 aromatic heterocycles. The summed E-state index contributed by atoms with van der Waals surface area (Å²) in [7, 11) is 0. The molecule has 8 N–H and O–H groups in total. The van der Waals surface area contributed by atoms with E-state index in [-0.39, 0.29) is 12.3 Å². The summed E-state index contributed by atoms with van der Waals surface area (Å²) in [4.78, 5) is 0. The summed E-state index contributed by atoms with van der Waals surface area (Å²) in [6.45, 7) is 3.86. The molecule has 0 saturated carbocycles. The maximum absolute atomic E-state index is 10.2. The van der Waals surface area contributed by atoms with Crippen LogP contribution >= 0.6 is 0 Å². The van der Waals surface area contributed by atoms with Gasteiger partial charge in [-0.15, -0.1) is 0 Å². The first-order valence-corrected chi connectivity index (χ1v) is 9.83. The van der Waals surface area contributed by atoms with E-state index in [4.69, 9.17) is 0 Å². The molecule has 4 heteroatoms. The van der Waals surface area contributed by atoms with Crippen molar-refractivity contribution in [1.29, 1.82) is 0 Å². The first-order chi connectivity index (χ1) is 14.0. The lowest BCUT2D eigenvalue weighted by Crippen LogP contribution is -2.28. The number of phenols is 2. The van der Waals surface area contributed by atoms with Crippen LogP contribution in [0.4, 0.5) is 0 Å². The Balaban J connectivity index is 0.00000136. The van der Waals surface area contributed by atoms with Gasteiger partial charge in [0.2, 0.25) is 0 Å². The monoisotopic (exact) mass is 412 g/mol. The zero-order valence-electron chi connectivity index (χ0n) is 17.9. The Kier molecular flexibility index (Phi) is 5.64. The number of hydrogen-bond donors (Lipinski definition) is 4. The van der Waals surface area contributed by atoms with Crippen molar-refractivity contribution in [2.75, 3.05) is 0 Å². The number of benzene rings is 4. The lowest BCUT2D eigenvalue weighted by atomic mass is 9.67. The maximum atomic E-state index is 10.2. The summed E-state index contributed by atoms with van der Waals surface area (Å²) in [5.41, 5.74) is 8.28. The fourth-order valence-electron chi connectivity index (χ4n) is 4.80.